The fourth-order valence-corrected chi connectivity index (χ4v) is 2.14. The molecule has 0 saturated heterocycles. The summed E-state index contributed by atoms with van der Waals surface area (Å²) in [4.78, 5) is 3.78. The van der Waals surface area contributed by atoms with Crippen LogP contribution in [0.25, 0.3) is 5.43 Å². The third-order valence-corrected chi connectivity index (χ3v) is 3.43. The Hall–Kier alpha value is -2.76. The normalized spacial score (nSPS) is 9.46. The van der Waals surface area contributed by atoms with E-state index in [2.05, 4.69) is 33.0 Å². The summed E-state index contributed by atoms with van der Waals surface area (Å²) in [5.41, 5.74) is 5.43. The number of thiol groups is 1. The Balaban J connectivity index is 0.000000478. The van der Waals surface area contributed by atoms with Crippen molar-refractivity contribution in [1.82, 2.24) is 4.98 Å². The predicted molar refractivity (Wildman–Crippen MR) is 115 cm³/mol. The molecule has 8 heteroatoms. The molecule has 3 rings (SSSR count). The largest absolute Gasteiger partial charge is 2.00 e. The van der Waals surface area contributed by atoms with Gasteiger partial charge in [0, 0.05) is 24.3 Å². The van der Waals surface area contributed by atoms with Gasteiger partial charge in [-0.3, -0.25) is 4.98 Å². The number of nitrogens with one attached hydrogen (secondary N) is 1. The predicted octanol–water partition coefficient (Wildman–Crippen LogP) is 3.40. The molecule has 0 atom stereocenters. The van der Waals surface area contributed by atoms with E-state index in [1.807, 2.05) is 48.5 Å². The smallest absolute Gasteiger partial charge is 0.590 e. The van der Waals surface area contributed by atoms with Crippen molar-refractivity contribution in [3.05, 3.63) is 90.1 Å². The Bertz CT molecular complexity index is 838. The van der Waals surface area contributed by atoms with Crippen molar-refractivity contribution < 1.29 is 30.9 Å². The number of pyridine rings is 1. The van der Waals surface area contributed by atoms with Gasteiger partial charge in [-0.05, 0) is 36.4 Å². The molecule has 2 aromatic carbocycles. The fraction of sp³-hybridized carbons (Fsp3) is 0.0500. The topological polar surface area (TPSA) is 83.5 Å². The monoisotopic (exact) mass is 576 g/mol. The molecule has 0 saturated carbocycles. The van der Waals surface area contributed by atoms with Crippen molar-refractivity contribution in [3.63, 3.8) is 0 Å². The summed E-state index contributed by atoms with van der Waals surface area (Å²) in [5, 5.41) is 15.2. The van der Waals surface area contributed by atoms with E-state index in [0.717, 1.165) is 5.69 Å². The van der Waals surface area contributed by atoms with Crippen LogP contribution in [0.2, 0.25) is 0 Å². The number of para-hydroxylation sites is 2. The molecule has 28 heavy (non-hydrogen) atoms. The van der Waals surface area contributed by atoms with Crippen LogP contribution in [0.5, 0.6) is 11.5 Å². The second-order valence-corrected chi connectivity index (χ2v) is 5.53. The average Bonchev–Trinajstić information content (AvgIpc) is 2.72. The van der Waals surface area contributed by atoms with Gasteiger partial charge in [0.05, 0.1) is 12.7 Å². The van der Waals surface area contributed by atoms with E-state index in [-0.39, 0.29) is 26.8 Å². The van der Waals surface area contributed by atoms with Gasteiger partial charge >= 0.3 is 26.8 Å². The quantitative estimate of drug-likeness (QED) is 0.170. The van der Waals surface area contributed by atoms with Crippen molar-refractivity contribution in [1.29, 1.82) is 0 Å². The molecular formula is C20H21N4O2PtS+3. The number of anilines is 1. The van der Waals surface area contributed by atoms with Crippen molar-refractivity contribution in [2.45, 2.75) is 0 Å². The Labute approximate surface area is 183 Å². The Morgan fingerprint density at radius 1 is 1.07 bits per heavy atom. The van der Waals surface area contributed by atoms with Crippen LogP contribution in [0.3, 0.4) is 0 Å². The summed E-state index contributed by atoms with van der Waals surface area (Å²) in [6, 6.07) is 20.6. The number of hydrogen-bond acceptors (Lipinski definition) is 3. The molecule has 0 amide bonds. The number of methoxy groups -OCH3 is 1. The van der Waals surface area contributed by atoms with Crippen LogP contribution in [-0.2, 0) is 33.3 Å². The SMILES string of the molecule is COc1cccc(C=N[N-]C(=[SH+])Nc2ccccc2)c1[OH2+].[Pt+2].c1ccncc1. The molecule has 6 nitrogen and oxygen atoms in total. The number of benzene rings is 2. The molecule has 0 aliphatic rings. The molecule has 0 radical (unpaired) electrons. The Kier molecular flexibility index (Phi) is 11.2. The molecule has 146 valence electrons. The zero-order valence-corrected chi connectivity index (χ0v) is 18.3. The number of ether oxygens (including phenoxy) is 1. The number of hydrogen-bond donors (Lipinski definition) is 1. The third-order valence-electron chi connectivity index (χ3n) is 3.22. The van der Waals surface area contributed by atoms with Gasteiger partial charge in [0.1, 0.15) is 0 Å². The van der Waals surface area contributed by atoms with Crippen molar-refractivity contribution in [3.8, 4) is 11.5 Å². The minimum absolute atomic E-state index is 0. The molecule has 0 fully saturated rings. The molecule has 0 aliphatic heterocycles. The first-order valence-corrected chi connectivity index (χ1v) is 8.51. The van der Waals surface area contributed by atoms with Crippen LogP contribution in [0.4, 0.5) is 5.69 Å². The minimum atomic E-state index is 0. The standard InChI is InChI=1S/C15H15N3O2S.C5H5N.Pt/c1-20-13-9-5-6-11(14(13)19)10-16-18-15(21)17-12-7-3-2-4-8-12;1-2-4-6-5-3-1;/h2-10H,1H3,(H3,16,17,18,19,21);1-5H;/q;;+2/p+1. The summed E-state index contributed by atoms with van der Waals surface area (Å²) in [7, 11) is 1.53. The summed E-state index contributed by atoms with van der Waals surface area (Å²) >= 11 is 4.21. The van der Waals surface area contributed by atoms with E-state index >= 15 is 0 Å². The molecule has 3 aromatic rings. The van der Waals surface area contributed by atoms with E-state index in [1.54, 1.807) is 30.6 Å². The first-order chi connectivity index (χ1) is 13.2. The van der Waals surface area contributed by atoms with E-state index in [0.29, 0.717) is 16.4 Å². The zero-order valence-electron chi connectivity index (χ0n) is 15.1. The molecule has 0 aliphatic carbocycles. The summed E-state index contributed by atoms with van der Waals surface area (Å²) in [6.45, 7) is 0. The maximum atomic E-state index is 7.91. The minimum Gasteiger partial charge on any atom is -0.590 e. The second-order valence-electron chi connectivity index (χ2n) is 5.11. The van der Waals surface area contributed by atoms with Crippen molar-refractivity contribution in [2.24, 2.45) is 5.10 Å². The van der Waals surface area contributed by atoms with Crippen molar-refractivity contribution >= 4 is 29.2 Å². The van der Waals surface area contributed by atoms with Gasteiger partial charge in [-0.2, -0.15) is 0 Å². The first-order valence-electron chi connectivity index (χ1n) is 8.06. The molecule has 3 N–H and O–H groups in total. The average molecular weight is 577 g/mol. The zero-order chi connectivity index (χ0) is 19.3. The molecule has 0 spiro atoms. The molecule has 0 unspecified atom stereocenters. The van der Waals surface area contributed by atoms with Gasteiger partial charge in [0.2, 0.25) is 10.9 Å². The van der Waals surface area contributed by atoms with Crippen LogP contribution < -0.4 is 10.1 Å². The Morgan fingerprint density at radius 3 is 2.32 bits per heavy atom. The van der Waals surface area contributed by atoms with Crippen molar-refractivity contribution in [2.75, 3.05) is 12.4 Å². The van der Waals surface area contributed by atoms with E-state index < -0.39 is 0 Å². The van der Waals surface area contributed by atoms with E-state index in [1.165, 1.54) is 13.3 Å². The first kappa shape index (κ1) is 23.3. The van der Waals surface area contributed by atoms with Crippen LogP contribution >= 0.6 is 0 Å². The summed E-state index contributed by atoms with van der Waals surface area (Å²) in [5.74, 6) is 0.770. The van der Waals surface area contributed by atoms with E-state index in [9.17, 15) is 0 Å². The summed E-state index contributed by atoms with van der Waals surface area (Å²) < 4.78 is 5.08. The molecule has 1 aromatic heterocycles. The van der Waals surface area contributed by atoms with E-state index in [4.69, 9.17) is 9.84 Å². The molecule has 1 heterocycles. The van der Waals surface area contributed by atoms with Gasteiger partial charge in [0.15, 0.2) is 12.2 Å². The van der Waals surface area contributed by atoms with Crippen LogP contribution in [0, 0.1) is 0 Å². The molecule has 0 bridgehead atoms. The maximum Gasteiger partial charge on any atom is 2.00 e. The van der Waals surface area contributed by atoms with Crippen LogP contribution in [0.15, 0.2) is 84.2 Å². The number of aromatic nitrogens is 1. The van der Waals surface area contributed by atoms with Gasteiger partial charge in [0.25, 0.3) is 0 Å². The summed E-state index contributed by atoms with van der Waals surface area (Å²) in [6.07, 6.45) is 4.99. The fourth-order valence-electron chi connectivity index (χ4n) is 1.96. The second kappa shape index (κ2) is 13.4. The van der Waals surface area contributed by atoms with Crippen LogP contribution in [-0.4, -0.2) is 28.5 Å². The van der Waals surface area contributed by atoms with Gasteiger partial charge < -0.3 is 25.7 Å². The number of rotatable bonds is 4. The maximum absolute atomic E-state index is 7.91. The molecular weight excluding hydrogens is 555 g/mol. The van der Waals surface area contributed by atoms with Gasteiger partial charge in [-0.25, -0.2) is 0 Å². The third kappa shape index (κ3) is 8.29. The van der Waals surface area contributed by atoms with Crippen LogP contribution in [0.1, 0.15) is 5.56 Å². The Morgan fingerprint density at radius 2 is 1.75 bits per heavy atom. The van der Waals surface area contributed by atoms with Gasteiger partial charge in [-0.1, -0.05) is 30.3 Å². The number of nitrogens with zero attached hydrogens (tertiary/aromatic N) is 3. The van der Waals surface area contributed by atoms with Gasteiger partial charge in [-0.15, -0.1) is 0 Å².